The first-order valence-electron chi connectivity index (χ1n) is 5.41. The van der Waals surface area contributed by atoms with E-state index in [1.54, 1.807) is 6.92 Å². The number of hydrogen-bond donors (Lipinski definition) is 1. The number of aromatic nitrogens is 1. The second-order valence-electron chi connectivity index (χ2n) is 4.10. The van der Waals surface area contributed by atoms with Gasteiger partial charge in [-0.05, 0) is 6.92 Å². The molecule has 8 nitrogen and oxygen atoms in total. The van der Waals surface area contributed by atoms with E-state index in [4.69, 9.17) is 11.0 Å². The van der Waals surface area contributed by atoms with Crippen molar-refractivity contribution in [2.75, 3.05) is 19.3 Å². The molecule has 0 fully saturated rings. The quantitative estimate of drug-likeness (QED) is 0.632. The number of nitrogens with two attached hydrogens (primary N) is 1. The summed E-state index contributed by atoms with van der Waals surface area (Å²) in [7, 11) is 1.49. The standard InChI is InChI=1S/C11H13N5O3/c1-7(4-12)6-15(2)11(17)9-3-8(16(18)19)5-14-10(9)13/h3,5,7H,6H2,1-2H3,(H2,13,14). The van der Waals surface area contributed by atoms with Crippen LogP contribution in [-0.2, 0) is 0 Å². The van der Waals surface area contributed by atoms with Crippen LogP contribution in [0.3, 0.4) is 0 Å². The smallest absolute Gasteiger partial charge is 0.288 e. The monoisotopic (exact) mass is 263 g/mol. The van der Waals surface area contributed by atoms with Crippen molar-refractivity contribution in [1.82, 2.24) is 9.88 Å². The molecule has 0 radical (unpaired) electrons. The van der Waals surface area contributed by atoms with Crippen molar-refractivity contribution in [2.45, 2.75) is 6.92 Å². The van der Waals surface area contributed by atoms with E-state index in [0.29, 0.717) is 0 Å². The second kappa shape index (κ2) is 5.77. The van der Waals surface area contributed by atoms with Gasteiger partial charge in [-0.1, -0.05) is 0 Å². The Morgan fingerprint density at radius 2 is 2.37 bits per heavy atom. The van der Waals surface area contributed by atoms with Crippen LogP contribution in [0.5, 0.6) is 0 Å². The normalized spacial score (nSPS) is 11.4. The predicted octanol–water partition coefficient (Wildman–Crippen LogP) is 0.804. The maximum absolute atomic E-state index is 12.1. The summed E-state index contributed by atoms with van der Waals surface area (Å²) in [6, 6.07) is 3.08. The Morgan fingerprint density at radius 3 is 2.89 bits per heavy atom. The Hall–Kier alpha value is -2.69. The number of anilines is 1. The van der Waals surface area contributed by atoms with Gasteiger partial charge in [0.25, 0.3) is 11.6 Å². The SMILES string of the molecule is CC(C#N)CN(C)C(=O)c1cc([N+](=O)[O-])cnc1N. The second-order valence-corrected chi connectivity index (χ2v) is 4.10. The topological polar surface area (TPSA) is 126 Å². The molecule has 0 saturated carbocycles. The fourth-order valence-electron chi connectivity index (χ4n) is 1.48. The Kier molecular flexibility index (Phi) is 4.36. The molecule has 0 aliphatic carbocycles. The summed E-state index contributed by atoms with van der Waals surface area (Å²) >= 11 is 0. The molecule has 0 aliphatic heterocycles. The molecule has 1 heterocycles. The highest BCUT2D eigenvalue weighted by molar-refractivity contribution is 5.98. The summed E-state index contributed by atoms with van der Waals surface area (Å²) < 4.78 is 0. The third-order valence-electron chi connectivity index (χ3n) is 2.46. The van der Waals surface area contributed by atoms with E-state index in [0.717, 1.165) is 12.3 Å². The average Bonchev–Trinajstić information content (AvgIpc) is 2.37. The van der Waals surface area contributed by atoms with Crippen molar-refractivity contribution in [2.24, 2.45) is 5.92 Å². The van der Waals surface area contributed by atoms with Crippen LogP contribution in [0.15, 0.2) is 12.3 Å². The molecule has 1 rings (SSSR count). The molecular weight excluding hydrogens is 250 g/mol. The number of carbonyl (C=O) groups is 1. The van der Waals surface area contributed by atoms with Crippen LogP contribution >= 0.6 is 0 Å². The van der Waals surface area contributed by atoms with Gasteiger partial charge in [0.05, 0.1) is 22.5 Å². The number of nitrogens with zero attached hydrogens (tertiary/aromatic N) is 4. The molecule has 1 aromatic rings. The van der Waals surface area contributed by atoms with Gasteiger partial charge in [0.2, 0.25) is 0 Å². The Bertz CT molecular complexity index is 552. The van der Waals surface area contributed by atoms with Crippen LogP contribution < -0.4 is 5.73 Å². The maximum Gasteiger partial charge on any atom is 0.288 e. The van der Waals surface area contributed by atoms with Crippen LogP contribution in [0.4, 0.5) is 11.5 Å². The minimum Gasteiger partial charge on any atom is -0.383 e. The molecule has 1 atom stereocenters. The molecule has 1 unspecified atom stereocenters. The number of carbonyl (C=O) groups excluding carboxylic acids is 1. The molecular formula is C11H13N5O3. The number of hydrogen-bond acceptors (Lipinski definition) is 6. The molecule has 100 valence electrons. The number of amides is 1. The predicted molar refractivity (Wildman–Crippen MR) is 67.0 cm³/mol. The lowest BCUT2D eigenvalue weighted by Gasteiger charge is -2.18. The van der Waals surface area contributed by atoms with Gasteiger partial charge in [-0.15, -0.1) is 0 Å². The summed E-state index contributed by atoms with van der Waals surface area (Å²) in [6.45, 7) is 1.87. The van der Waals surface area contributed by atoms with Gasteiger partial charge < -0.3 is 10.6 Å². The number of nitriles is 1. The minimum atomic E-state index is -0.652. The molecule has 0 aliphatic rings. The fraction of sp³-hybridized carbons (Fsp3) is 0.364. The Balaban J connectivity index is 3.02. The van der Waals surface area contributed by atoms with Crippen molar-refractivity contribution in [3.63, 3.8) is 0 Å². The molecule has 19 heavy (non-hydrogen) atoms. The van der Waals surface area contributed by atoms with Gasteiger partial charge in [-0.25, -0.2) is 4.98 Å². The molecule has 0 saturated heterocycles. The third-order valence-corrected chi connectivity index (χ3v) is 2.46. The molecule has 8 heteroatoms. The van der Waals surface area contributed by atoms with E-state index in [1.165, 1.54) is 11.9 Å². The first-order valence-corrected chi connectivity index (χ1v) is 5.41. The van der Waals surface area contributed by atoms with E-state index in [9.17, 15) is 14.9 Å². The molecule has 1 amide bonds. The number of nitro groups is 1. The number of nitrogen functional groups attached to an aromatic ring is 1. The van der Waals surface area contributed by atoms with Gasteiger partial charge in [0, 0.05) is 19.7 Å². The van der Waals surface area contributed by atoms with Crippen LogP contribution in [0.25, 0.3) is 0 Å². The summed E-state index contributed by atoms with van der Waals surface area (Å²) in [4.78, 5) is 27.0. The lowest BCUT2D eigenvalue weighted by molar-refractivity contribution is -0.385. The minimum absolute atomic E-state index is 0.0400. The summed E-state index contributed by atoms with van der Waals surface area (Å²) in [6.07, 6.45) is 0.990. The molecule has 1 aromatic heterocycles. The van der Waals surface area contributed by atoms with E-state index in [-0.39, 0.29) is 29.5 Å². The highest BCUT2D eigenvalue weighted by atomic mass is 16.6. The zero-order valence-corrected chi connectivity index (χ0v) is 10.5. The summed E-state index contributed by atoms with van der Waals surface area (Å²) in [5.74, 6) is -0.926. The van der Waals surface area contributed by atoms with E-state index in [2.05, 4.69) is 4.98 Å². The fourth-order valence-corrected chi connectivity index (χ4v) is 1.48. The number of rotatable bonds is 4. The van der Waals surface area contributed by atoms with Gasteiger partial charge in [-0.3, -0.25) is 14.9 Å². The van der Waals surface area contributed by atoms with Crippen LogP contribution in [-0.4, -0.2) is 34.3 Å². The first-order chi connectivity index (χ1) is 8.86. The van der Waals surface area contributed by atoms with Gasteiger partial charge in [0.1, 0.15) is 12.0 Å². The largest absolute Gasteiger partial charge is 0.383 e. The van der Waals surface area contributed by atoms with E-state index in [1.807, 2.05) is 6.07 Å². The summed E-state index contributed by atoms with van der Waals surface area (Å²) in [5.41, 5.74) is 5.20. The molecule has 0 bridgehead atoms. The molecule has 0 aromatic carbocycles. The molecule has 2 N–H and O–H groups in total. The Labute approximate surface area is 109 Å². The highest BCUT2D eigenvalue weighted by Crippen LogP contribution is 2.18. The van der Waals surface area contributed by atoms with E-state index < -0.39 is 10.8 Å². The lowest BCUT2D eigenvalue weighted by Crippen LogP contribution is -2.31. The van der Waals surface area contributed by atoms with Gasteiger partial charge in [0.15, 0.2) is 0 Å². The zero-order chi connectivity index (χ0) is 14.6. The van der Waals surface area contributed by atoms with Gasteiger partial charge in [-0.2, -0.15) is 5.26 Å². The van der Waals surface area contributed by atoms with Crippen molar-refractivity contribution in [3.05, 3.63) is 27.9 Å². The van der Waals surface area contributed by atoms with Crippen LogP contribution in [0.1, 0.15) is 17.3 Å². The van der Waals surface area contributed by atoms with Crippen molar-refractivity contribution in [1.29, 1.82) is 5.26 Å². The van der Waals surface area contributed by atoms with Crippen molar-refractivity contribution < 1.29 is 9.72 Å². The maximum atomic E-state index is 12.1. The van der Waals surface area contributed by atoms with Crippen molar-refractivity contribution in [3.8, 4) is 6.07 Å². The molecule has 0 spiro atoms. The first kappa shape index (κ1) is 14.4. The van der Waals surface area contributed by atoms with Crippen LogP contribution in [0.2, 0.25) is 0 Å². The van der Waals surface area contributed by atoms with E-state index >= 15 is 0 Å². The lowest BCUT2D eigenvalue weighted by atomic mass is 10.1. The number of pyridine rings is 1. The third kappa shape index (κ3) is 3.38. The Morgan fingerprint density at radius 1 is 1.74 bits per heavy atom. The zero-order valence-electron chi connectivity index (χ0n) is 10.5. The van der Waals surface area contributed by atoms with Crippen molar-refractivity contribution >= 4 is 17.4 Å². The highest BCUT2D eigenvalue weighted by Gasteiger charge is 2.20. The summed E-state index contributed by atoms with van der Waals surface area (Å²) in [5, 5.41) is 19.3. The van der Waals surface area contributed by atoms with Crippen LogP contribution in [0, 0.1) is 27.4 Å². The average molecular weight is 263 g/mol. The van der Waals surface area contributed by atoms with Gasteiger partial charge >= 0.3 is 0 Å².